The van der Waals surface area contributed by atoms with Gasteiger partial charge in [0.15, 0.2) is 16.7 Å². The lowest BCUT2D eigenvalue weighted by Crippen LogP contribution is -2.40. The zero-order valence-electron chi connectivity index (χ0n) is 19.2. The number of methoxy groups -OCH3 is 2. The number of hydrogen-bond acceptors (Lipinski definition) is 8. The normalized spacial score (nSPS) is 14.8. The maximum absolute atomic E-state index is 12.9. The minimum absolute atomic E-state index is 0.267. The molecule has 182 valence electrons. The molecule has 0 amide bonds. The molecule has 0 aliphatic carbocycles. The van der Waals surface area contributed by atoms with Crippen molar-refractivity contribution in [2.75, 3.05) is 40.5 Å². The van der Waals surface area contributed by atoms with E-state index in [1.807, 2.05) is 34.9 Å². The highest BCUT2D eigenvalue weighted by Crippen LogP contribution is 2.34. The summed E-state index contributed by atoms with van der Waals surface area (Å²) in [5.74, 6) is 1.25. The van der Waals surface area contributed by atoms with Crippen LogP contribution in [0.25, 0.3) is 16.9 Å². The van der Waals surface area contributed by atoms with E-state index < -0.39 is 10.0 Å². The van der Waals surface area contributed by atoms with Crippen LogP contribution >= 0.6 is 11.8 Å². The van der Waals surface area contributed by atoms with Crippen LogP contribution < -0.4 is 9.47 Å². The van der Waals surface area contributed by atoms with E-state index in [0.717, 1.165) is 21.8 Å². The van der Waals surface area contributed by atoms with E-state index in [0.29, 0.717) is 43.0 Å². The topological polar surface area (TPSA) is 95.3 Å². The molecule has 4 aromatic rings. The van der Waals surface area contributed by atoms with E-state index in [4.69, 9.17) is 19.2 Å². The summed E-state index contributed by atoms with van der Waals surface area (Å²) in [4.78, 5) is 10.4. The molecule has 0 saturated carbocycles. The number of aromatic nitrogens is 3. The number of imidazole rings is 1. The molecule has 1 aliphatic rings. The van der Waals surface area contributed by atoms with Gasteiger partial charge in [0, 0.05) is 42.0 Å². The van der Waals surface area contributed by atoms with Crippen LogP contribution in [0.1, 0.15) is 0 Å². The molecule has 9 nitrogen and oxygen atoms in total. The van der Waals surface area contributed by atoms with Crippen LogP contribution in [0.15, 0.2) is 75.9 Å². The third-order valence-electron chi connectivity index (χ3n) is 5.68. The van der Waals surface area contributed by atoms with E-state index in [9.17, 15) is 8.42 Å². The van der Waals surface area contributed by atoms with Crippen molar-refractivity contribution in [3.05, 3.63) is 60.9 Å². The summed E-state index contributed by atoms with van der Waals surface area (Å²) in [5.41, 5.74) is 2.35. The maximum atomic E-state index is 12.9. The number of morpholine rings is 1. The predicted molar refractivity (Wildman–Crippen MR) is 132 cm³/mol. The van der Waals surface area contributed by atoms with Crippen molar-refractivity contribution in [2.24, 2.45) is 0 Å². The van der Waals surface area contributed by atoms with Crippen LogP contribution in [0.4, 0.5) is 0 Å². The highest BCUT2D eigenvalue weighted by Gasteiger charge is 2.26. The zero-order valence-corrected chi connectivity index (χ0v) is 20.9. The first-order chi connectivity index (χ1) is 17.0. The van der Waals surface area contributed by atoms with Crippen molar-refractivity contribution < 1.29 is 22.6 Å². The standard InChI is InChI=1S/C24H24N4O5S2/c1-31-21-8-3-17(15-22(21)32-2)20-16-23-25-9-10-28(23)24(26-20)34-18-4-6-19(7-5-18)35(29,30)27-11-13-33-14-12-27/h3-10,15-16H,11-14H2,1-2H3. The molecule has 0 unspecified atom stereocenters. The summed E-state index contributed by atoms with van der Waals surface area (Å²) < 4.78 is 45.2. The quantitative estimate of drug-likeness (QED) is 0.347. The van der Waals surface area contributed by atoms with E-state index in [1.54, 1.807) is 44.7 Å². The average molecular weight is 513 g/mol. The van der Waals surface area contributed by atoms with Gasteiger partial charge in [0.25, 0.3) is 0 Å². The molecule has 3 heterocycles. The van der Waals surface area contributed by atoms with Gasteiger partial charge in [-0.05, 0) is 42.5 Å². The Bertz CT molecular complexity index is 1450. The van der Waals surface area contributed by atoms with Crippen LogP contribution in [0, 0.1) is 0 Å². The summed E-state index contributed by atoms with van der Waals surface area (Å²) >= 11 is 1.43. The average Bonchev–Trinajstić information content (AvgIpc) is 3.38. The fourth-order valence-electron chi connectivity index (χ4n) is 3.83. The highest BCUT2D eigenvalue weighted by molar-refractivity contribution is 7.99. The number of hydrogen-bond donors (Lipinski definition) is 0. The second-order valence-corrected chi connectivity index (χ2v) is 10.7. The van der Waals surface area contributed by atoms with Crippen molar-refractivity contribution in [1.29, 1.82) is 0 Å². The molecular weight excluding hydrogens is 488 g/mol. The van der Waals surface area contributed by atoms with Gasteiger partial charge in [0.1, 0.15) is 5.65 Å². The summed E-state index contributed by atoms with van der Waals surface area (Å²) in [6.07, 6.45) is 3.57. The van der Waals surface area contributed by atoms with Gasteiger partial charge < -0.3 is 14.2 Å². The van der Waals surface area contributed by atoms with Crippen molar-refractivity contribution in [3.63, 3.8) is 0 Å². The molecule has 2 aromatic carbocycles. The van der Waals surface area contributed by atoms with Crippen LogP contribution in [0.5, 0.6) is 11.5 Å². The second-order valence-electron chi connectivity index (χ2n) is 7.74. The van der Waals surface area contributed by atoms with E-state index >= 15 is 0 Å². The first kappa shape index (κ1) is 23.6. The Morgan fingerprint density at radius 1 is 0.971 bits per heavy atom. The van der Waals surface area contributed by atoms with Crippen LogP contribution in [0.3, 0.4) is 0 Å². The van der Waals surface area contributed by atoms with Gasteiger partial charge in [0.05, 0.1) is 38.0 Å². The summed E-state index contributed by atoms with van der Waals surface area (Å²) in [6.45, 7) is 1.56. The zero-order chi connectivity index (χ0) is 24.4. The SMILES string of the molecule is COc1ccc(-c2cc3nccn3c(Sc3ccc(S(=O)(=O)N4CCOCC4)cc3)n2)cc1OC. The van der Waals surface area contributed by atoms with Crippen LogP contribution in [-0.4, -0.2) is 67.6 Å². The molecule has 0 atom stereocenters. The monoisotopic (exact) mass is 512 g/mol. The Kier molecular flexibility index (Phi) is 6.65. The molecule has 1 saturated heterocycles. The number of ether oxygens (including phenoxy) is 3. The highest BCUT2D eigenvalue weighted by atomic mass is 32.2. The van der Waals surface area contributed by atoms with Crippen molar-refractivity contribution in [1.82, 2.24) is 18.7 Å². The van der Waals surface area contributed by atoms with Gasteiger partial charge in [0.2, 0.25) is 10.0 Å². The molecule has 2 aromatic heterocycles. The number of benzene rings is 2. The van der Waals surface area contributed by atoms with Crippen molar-refractivity contribution >= 4 is 27.4 Å². The Morgan fingerprint density at radius 3 is 2.43 bits per heavy atom. The Morgan fingerprint density at radius 2 is 1.71 bits per heavy atom. The number of rotatable bonds is 7. The largest absolute Gasteiger partial charge is 0.493 e. The fraction of sp³-hybridized carbons (Fsp3) is 0.250. The molecule has 0 N–H and O–H groups in total. The molecular formula is C24H24N4O5S2. The Balaban J connectivity index is 1.45. The third-order valence-corrected chi connectivity index (χ3v) is 8.57. The van der Waals surface area contributed by atoms with E-state index in [-0.39, 0.29) is 4.90 Å². The minimum atomic E-state index is -3.54. The first-order valence-corrected chi connectivity index (χ1v) is 13.2. The maximum Gasteiger partial charge on any atom is 0.243 e. The molecule has 0 bridgehead atoms. The lowest BCUT2D eigenvalue weighted by molar-refractivity contribution is 0.0730. The number of fused-ring (bicyclic) bond motifs is 1. The first-order valence-electron chi connectivity index (χ1n) is 10.9. The lowest BCUT2D eigenvalue weighted by atomic mass is 10.1. The van der Waals surface area contributed by atoms with Gasteiger partial charge >= 0.3 is 0 Å². The fourth-order valence-corrected chi connectivity index (χ4v) is 6.12. The van der Waals surface area contributed by atoms with Gasteiger partial charge in [-0.15, -0.1) is 0 Å². The molecule has 0 spiro atoms. The van der Waals surface area contributed by atoms with Crippen molar-refractivity contribution in [3.8, 4) is 22.8 Å². The summed E-state index contributed by atoms with van der Waals surface area (Å²) in [7, 11) is -0.351. The molecule has 11 heteroatoms. The lowest BCUT2D eigenvalue weighted by Gasteiger charge is -2.26. The summed E-state index contributed by atoms with van der Waals surface area (Å²) in [5, 5.41) is 0.702. The van der Waals surface area contributed by atoms with Gasteiger partial charge in [-0.3, -0.25) is 4.40 Å². The molecule has 5 rings (SSSR count). The number of sulfonamides is 1. The van der Waals surface area contributed by atoms with Crippen molar-refractivity contribution in [2.45, 2.75) is 14.9 Å². The minimum Gasteiger partial charge on any atom is -0.493 e. The Hall–Kier alpha value is -3.12. The Labute approximate surface area is 207 Å². The smallest absolute Gasteiger partial charge is 0.243 e. The predicted octanol–water partition coefficient (Wildman–Crippen LogP) is 3.59. The van der Waals surface area contributed by atoms with Gasteiger partial charge in [-0.2, -0.15) is 4.31 Å². The number of nitrogens with zero attached hydrogens (tertiary/aromatic N) is 4. The summed E-state index contributed by atoms with van der Waals surface area (Å²) in [6, 6.07) is 14.4. The van der Waals surface area contributed by atoms with Crippen LogP contribution in [-0.2, 0) is 14.8 Å². The molecule has 35 heavy (non-hydrogen) atoms. The molecule has 0 radical (unpaired) electrons. The second kappa shape index (κ2) is 9.86. The molecule has 1 fully saturated rings. The molecule has 1 aliphatic heterocycles. The third kappa shape index (κ3) is 4.72. The van der Waals surface area contributed by atoms with E-state index in [2.05, 4.69) is 4.98 Å². The van der Waals surface area contributed by atoms with Gasteiger partial charge in [-0.25, -0.2) is 18.4 Å². The van der Waals surface area contributed by atoms with E-state index in [1.165, 1.54) is 16.1 Å². The van der Waals surface area contributed by atoms with Gasteiger partial charge in [-0.1, -0.05) is 11.8 Å². The van der Waals surface area contributed by atoms with Crippen LogP contribution in [0.2, 0.25) is 0 Å².